The standard InChI is InChI=1S/C21H25N3O/c25-21(23-20-10-4-6-16-5-1-2-9-19(16)20)17-7-3-8-18(15-17)24-13-11-22-12-14-24/h1-3,5,7-9,15,20,22H,4,6,10-14H2,(H,23,25). The summed E-state index contributed by atoms with van der Waals surface area (Å²) < 4.78 is 0. The van der Waals surface area contributed by atoms with E-state index in [4.69, 9.17) is 0 Å². The normalized spacial score (nSPS) is 20.0. The number of hydrogen-bond donors (Lipinski definition) is 2. The maximum Gasteiger partial charge on any atom is 0.251 e. The molecule has 1 saturated heterocycles. The fraction of sp³-hybridized carbons (Fsp3) is 0.381. The van der Waals surface area contributed by atoms with E-state index in [-0.39, 0.29) is 11.9 Å². The zero-order valence-electron chi connectivity index (χ0n) is 14.5. The molecule has 4 nitrogen and oxygen atoms in total. The van der Waals surface area contributed by atoms with Crippen LogP contribution in [-0.4, -0.2) is 32.1 Å². The number of carbonyl (C=O) groups excluding carboxylic acids is 1. The summed E-state index contributed by atoms with van der Waals surface area (Å²) in [5.74, 6) is 0.0266. The van der Waals surface area contributed by atoms with E-state index in [1.807, 2.05) is 18.2 Å². The van der Waals surface area contributed by atoms with Gasteiger partial charge in [-0.2, -0.15) is 0 Å². The van der Waals surface area contributed by atoms with Gasteiger partial charge in [0.2, 0.25) is 0 Å². The lowest BCUT2D eigenvalue weighted by Gasteiger charge is -2.30. The molecule has 1 fully saturated rings. The fourth-order valence-corrected chi connectivity index (χ4v) is 3.91. The summed E-state index contributed by atoms with van der Waals surface area (Å²) >= 11 is 0. The molecule has 1 aliphatic heterocycles. The highest BCUT2D eigenvalue weighted by Gasteiger charge is 2.22. The third-order valence-corrected chi connectivity index (χ3v) is 5.27. The molecule has 2 aliphatic rings. The molecule has 0 radical (unpaired) electrons. The van der Waals surface area contributed by atoms with E-state index in [9.17, 15) is 4.79 Å². The Morgan fingerprint density at radius 1 is 1.08 bits per heavy atom. The SMILES string of the molecule is O=C(NC1CCCc2ccccc21)c1cccc(N2CCNCC2)c1. The minimum atomic E-state index is 0.0266. The molecule has 1 unspecified atom stereocenters. The van der Waals surface area contributed by atoms with Gasteiger partial charge in [0.1, 0.15) is 0 Å². The maximum absolute atomic E-state index is 12.8. The number of piperazine rings is 1. The first-order valence-corrected chi connectivity index (χ1v) is 9.26. The Bertz CT molecular complexity index is 752. The van der Waals surface area contributed by atoms with Crippen molar-refractivity contribution in [3.8, 4) is 0 Å². The van der Waals surface area contributed by atoms with Crippen molar-refractivity contribution >= 4 is 11.6 Å². The van der Waals surface area contributed by atoms with Gasteiger partial charge in [0.05, 0.1) is 6.04 Å². The molecular weight excluding hydrogens is 310 g/mol. The predicted octanol–water partition coefficient (Wildman–Crippen LogP) is 2.90. The first-order chi connectivity index (χ1) is 12.3. The van der Waals surface area contributed by atoms with Gasteiger partial charge in [-0.25, -0.2) is 0 Å². The Kier molecular flexibility index (Phi) is 4.70. The largest absolute Gasteiger partial charge is 0.369 e. The average Bonchev–Trinajstić information content (AvgIpc) is 2.69. The van der Waals surface area contributed by atoms with Gasteiger partial charge in [-0.3, -0.25) is 4.79 Å². The molecule has 4 rings (SSSR count). The van der Waals surface area contributed by atoms with Gasteiger partial charge < -0.3 is 15.5 Å². The second-order valence-corrected chi connectivity index (χ2v) is 6.90. The van der Waals surface area contributed by atoms with Gasteiger partial charge in [0, 0.05) is 37.4 Å². The van der Waals surface area contributed by atoms with Crippen molar-refractivity contribution in [2.24, 2.45) is 0 Å². The molecule has 2 N–H and O–H groups in total. The Hall–Kier alpha value is -2.33. The smallest absolute Gasteiger partial charge is 0.251 e. The summed E-state index contributed by atoms with van der Waals surface area (Å²) in [5.41, 5.74) is 4.53. The molecule has 25 heavy (non-hydrogen) atoms. The molecule has 1 heterocycles. The second kappa shape index (κ2) is 7.28. The maximum atomic E-state index is 12.8. The quantitative estimate of drug-likeness (QED) is 0.906. The Morgan fingerprint density at radius 3 is 2.80 bits per heavy atom. The highest BCUT2D eigenvalue weighted by molar-refractivity contribution is 5.95. The highest BCUT2D eigenvalue weighted by atomic mass is 16.1. The molecule has 0 bridgehead atoms. The first-order valence-electron chi connectivity index (χ1n) is 9.26. The van der Waals surface area contributed by atoms with Crippen molar-refractivity contribution in [2.75, 3.05) is 31.1 Å². The topological polar surface area (TPSA) is 44.4 Å². The molecule has 2 aromatic rings. The van der Waals surface area contributed by atoms with Crippen LogP contribution in [0.1, 0.15) is 40.4 Å². The Morgan fingerprint density at radius 2 is 1.92 bits per heavy atom. The number of carbonyl (C=O) groups is 1. The van der Waals surface area contributed by atoms with E-state index in [0.717, 1.165) is 56.7 Å². The third kappa shape index (κ3) is 3.54. The number of amides is 1. The van der Waals surface area contributed by atoms with Crippen LogP contribution in [0, 0.1) is 0 Å². The van der Waals surface area contributed by atoms with E-state index in [1.54, 1.807) is 0 Å². The molecular formula is C21H25N3O. The van der Waals surface area contributed by atoms with E-state index in [2.05, 4.69) is 45.9 Å². The molecule has 0 aromatic heterocycles. The zero-order valence-corrected chi connectivity index (χ0v) is 14.5. The average molecular weight is 335 g/mol. The van der Waals surface area contributed by atoms with Crippen molar-refractivity contribution < 1.29 is 4.79 Å². The molecule has 2 aromatic carbocycles. The summed E-state index contributed by atoms with van der Waals surface area (Å²) in [6.45, 7) is 3.96. The van der Waals surface area contributed by atoms with E-state index in [0.29, 0.717) is 0 Å². The molecule has 130 valence electrons. The Labute approximate surface area is 149 Å². The van der Waals surface area contributed by atoms with Crippen LogP contribution in [0.15, 0.2) is 48.5 Å². The minimum absolute atomic E-state index is 0.0266. The van der Waals surface area contributed by atoms with Crippen molar-refractivity contribution in [3.05, 3.63) is 65.2 Å². The van der Waals surface area contributed by atoms with E-state index < -0.39 is 0 Å². The van der Waals surface area contributed by atoms with Crippen molar-refractivity contribution in [1.82, 2.24) is 10.6 Å². The summed E-state index contributed by atoms with van der Waals surface area (Å²) in [6.07, 6.45) is 3.25. The van der Waals surface area contributed by atoms with Crippen LogP contribution < -0.4 is 15.5 Å². The van der Waals surface area contributed by atoms with Gasteiger partial charge in [-0.15, -0.1) is 0 Å². The molecule has 1 aliphatic carbocycles. The number of hydrogen-bond acceptors (Lipinski definition) is 3. The number of anilines is 1. The van der Waals surface area contributed by atoms with E-state index in [1.165, 1.54) is 11.1 Å². The monoisotopic (exact) mass is 335 g/mol. The summed E-state index contributed by atoms with van der Waals surface area (Å²) in [7, 11) is 0. The number of nitrogens with zero attached hydrogens (tertiary/aromatic N) is 1. The van der Waals surface area contributed by atoms with Crippen LogP contribution in [-0.2, 0) is 6.42 Å². The first kappa shape index (κ1) is 16.2. The van der Waals surface area contributed by atoms with Crippen LogP contribution in [0.25, 0.3) is 0 Å². The van der Waals surface area contributed by atoms with Gasteiger partial charge in [-0.05, 0) is 48.6 Å². The lowest BCUT2D eigenvalue weighted by Crippen LogP contribution is -2.43. The predicted molar refractivity (Wildman–Crippen MR) is 101 cm³/mol. The highest BCUT2D eigenvalue weighted by Crippen LogP contribution is 2.29. The van der Waals surface area contributed by atoms with Crippen LogP contribution >= 0.6 is 0 Å². The number of benzene rings is 2. The van der Waals surface area contributed by atoms with Crippen molar-refractivity contribution in [3.63, 3.8) is 0 Å². The third-order valence-electron chi connectivity index (χ3n) is 5.27. The van der Waals surface area contributed by atoms with Crippen LogP contribution in [0.2, 0.25) is 0 Å². The number of fused-ring (bicyclic) bond motifs is 1. The van der Waals surface area contributed by atoms with Gasteiger partial charge in [-0.1, -0.05) is 30.3 Å². The lowest BCUT2D eigenvalue weighted by molar-refractivity contribution is 0.0933. The lowest BCUT2D eigenvalue weighted by atomic mass is 9.87. The second-order valence-electron chi connectivity index (χ2n) is 6.90. The fourth-order valence-electron chi connectivity index (χ4n) is 3.91. The molecule has 0 saturated carbocycles. The van der Waals surface area contributed by atoms with Crippen LogP contribution in [0.3, 0.4) is 0 Å². The van der Waals surface area contributed by atoms with Gasteiger partial charge >= 0.3 is 0 Å². The summed E-state index contributed by atoms with van der Waals surface area (Å²) in [5, 5.41) is 6.62. The zero-order chi connectivity index (χ0) is 17.1. The summed E-state index contributed by atoms with van der Waals surface area (Å²) in [6, 6.07) is 16.6. The number of nitrogens with one attached hydrogen (secondary N) is 2. The van der Waals surface area contributed by atoms with Gasteiger partial charge in [0.15, 0.2) is 0 Å². The number of aryl methyl sites for hydroxylation is 1. The van der Waals surface area contributed by atoms with Crippen LogP contribution in [0.5, 0.6) is 0 Å². The molecule has 1 atom stereocenters. The molecule has 0 spiro atoms. The summed E-state index contributed by atoms with van der Waals surface area (Å²) in [4.78, 5) is 15.2. The van der Waals surface area contributed by atoms with Gasteiger partial charge in [0.25, 0.3) is 5.91 Å². The minimum Gasteiger partial charge on any atom is -0.369 e. The van der Waals surface area contributed by atoms with Crippen LogP contribution in [0.4, 0.5) is 5.69 Å². The molecule has 4 heteroatoms. The molecule has 1 amide bonds. The van der Waals surface area contributed by atoms with Crippen molar-refractivity contribution in [2.45, 2.75) is 25.3 Å². The van der Waals surface area contributed by atoms with Crippen molar-refractivity contribution in [1.29, 1.82) is 0 Å². The number of rotatable bonds is 3. The Balaban J connectivity index is 1.50. The van der Waals surface area contributed by atoms with E-state index >= 15 is 0 Å².